The van der Waals surface area contributed by atoms with Gasteiger partial charge in [-0.15, -0.1) is 0 Å². The van der Waals surface area contributed by atoms with Crippen LogP contribution in [-0.2, 0) is 12.6 Å². The van der Waals surface area contributed by atoms with Crippen LogP contribution in [-0.4, -0.2) is 18.4 Å². The van der Waals surface area contributed by atoms with Crippen molar-refractivity contribution in [2.24, 2.45) is 0 Å². The summed E-state index contributed by atoms with van der Waals surface area (Å²) in [7, 11) is 0. The molecule has 0 radical (unpaired) electrons. The van der Waals surface area contributed by atoms with Gasteiger partial charge in [0.05, 0.1) is 5.56 Å². The summed E-state index contributed by atoms with van der Waals surface area (Å²) in [5.74, 6) is -0.849. The van der Waals surface area contributed by atoms with Gasteiger partial charge in [0.1, 0.15) is 0 Å². The third-order valence-electron chi connectivity index (χ3n) is 4.18. The zero-order chi connectivity index (χ0) is 21.7. The number of halogens is 4. The lowest BCUT2D eigenvalue weighted by Gasteiger charge is -2.13. The van der Waals surface area contributed by atoms with Crippen LogP contribution in [0.1, 0.15) is 32.0 Å². The number of furan rings is 1. The SMILES string of the molecule is O=C(NCCc1ccccc1C(F)(F)F)c1cccc(NC(=O)c2ccc(Br)o2)c1. The fourth-order valence-electron chi connectivity index (χ4n) is 2.79. The van der Waals surface area contributed by atoms with Crippen LogP contribution in [0, 0.1) is 0 Å². The van der Waals surface area contributed by atoms with Crippen LogP contribution in [0.2, 0.25) is 0 Å². The summed E-state index contributed by atoms with van der Waals surface area (Å²) in [6, 6.07) is 14.5. The number of amides is 2. The molecule has 0 aliphatic heterocycles. The van der Waals surface area contributed by atoms with Gasteiger partial charge in [-0.2, -0.15) is 13.2 Å². The summed E-state index contributed by atoms with van der Waals surface area (Å²) in [5.41, 5.74) is 0.0320. The highest BCUT2D eigenvalue weighted by atomic mass is 79.9. The van der Waals surface area contributed by atoms with Gasteiger partial charge in [0, 0.05) is 17.8 Å². The number of rotatable bonds is 6. The molecule has 1 heterocycles. The van der Waals surface area contributed by atoms with Crippen LogP contribution in [0.15, 0.2) is 69.8 Å². The minimum Gasteiger partial charge on any atom is -0.444 e. The van der Waals surface area contributed by atoms with Crippen molar-refractivity contribution in [1.82, 2.24) is 5.32 Å². The highest BCUT2D eigenvalue weighted by molar-refractivity contribution is 9.10. The van der Waals surface area contributed by atoms with E-state index >= 15 is 0 Å². The first kappa shape index (κ1) is 21.6. The molecule has 30 heavy (non-hydrogen) atoms. The summed E-state index contributed by atoms with van der Waals surface area (Å²) < 4.78 is 44.7. The van der Waals surface area contributed by atoms with E-state index in [1.54, 1.807) is 18.2 Å². The van der Waals surface area contributed by atoms with Gasteiger partial charge in [0.2, 0.25) is 0 Å². The normalized spacial score (nSPS) is 11.2. The molecule has 0 saturated carbocycles. The van der Waals surface area contributed by atoms with Gasteiger partial charge in [-0.05, 0) is 64.3 Å². The van der Waals surface area contributed by atoms with E-state index in [0.717, 1.165) is 6.07 Å². The first-order chi connectivity index (χ1) is 14.2. The van der Waals surface area contributed by atoms with Crippen LogP contribution in [0.25, 0.3) is 0 Å². The topological polar surface area (TPSA) is 71.3 Å². The van der Waals surface area contributed by atoms with E-state index < -0.39 is 23.6 Å². The van der Waals surface area contributed by atoms with Gasteiger partial charge in [-0.3, -0.25) is 9.59 Å². The second kappa shape index (κ2) is 9.17. The van der Waals surface area contributed by atoms with Crippen molar-refractivity contribution in [1.29, 1.82) is 0 Å². The monoisotopic (exact) mass is 480 g/mol. The molecule has 1 aromatic heterocycles. The Hall–Kier alpha value is -3.07. The number of anilines is 1. The number of hydrogen-bond acceptors (Lipinski definition) is 3. The Balaban J connectivity index is 1.60. The maximum atomic E-state index is 13.0. The first-order valence-corrected chi connectivity index (χ1v) is 9.63. The standard InChI is InChI=1S/C21H16BrF3N2O3/c22-18-9-8-17(30-18)20(29)27-15-6-3-5-14(12-15)19(28)26-11-10-13-4-1-2-7-16(13)21(23,24)25/h1-9,12H,10-11H2,(H,26,28)(H,27,29). The molecule has 0 spiro atoms. The second-order valence-corrected chi connectivity index (χ2v) is 7.08. The molecule has 2 N–H and O–H groups in total. The van der Waals surface area contributed by atoms with Crippen molar-refractivity contribution in [2.75, 3.05) is 11.9 Å². The predicted molar refractivity (Wildman–Crippen MR) is 108 cm³/mol. The van der Waals surface area contributed by atoms with E-state index in [1.807, 2.05) is 0 Å². The van der Waals surface area contributed by atoms with Gasteiger partial charge in [-0.25, -0.2) is 0 Å². The van der Waals surface area contributed by atoms with E-state index in [0.29, 0.717) is 10.4 Å². The van der Waals surface area contributed by atoms with Crippen LogP contribution >= 0.6 is 15.9 Å². The van der Waals surface area contributed by atoms with Gasteiger partial charge in [-0.1, -0.05) is 24.3 Å². The predicted octanol–water partition coefficient (Wildman–Crippen LogP) is 5.29. The number of carbonyl (C=O) groups is 2. The highest BCUT2D eigenvalue weighted by Crippen LogP contribution is 2.31. The minimum atomic E-state index is -4.45. The Morgan fingerprint density at radius 1 is 0.967 bits per heavy atom. The Kier molecular flexibility index (Phi) is 6.61. The lowest BCUT2D eigenvalue weighted by atomic mass is 10.0. The zero-order valence-corrected chi connectivity index (χ0v) is 17.0. The van der Waals surface area contributed by atoms with Crippen LogP contribution in [0.5, 0.6) is 0 Å². The molecule has 0 saturated heterocycles. The number of nitrogens with one attached hydrogen (secondary N) is 2. The van der Waals surface area contributed by atoms with E-state index in [1.165, 1.54) is 36.4 Å². The zero-order valence-electron chi connectivity index (χ0n) is 15.4. The Bertz CT molecular complexity index is 1060. The molecule has 3 rings (SSSR count). The fraction of sp³-hybridized carbons (Fsp3) is 0.143. The molecular formula is C21H16BrF3N2O3. The number of hydrogen-bond donors (Lipinski definition) is 2. The summed E-state index contributed by atoms with van der Waals surface area (Å²) in [6.07, 6.45) is -4.41. The van der Waals surface area contributed by atoms with Crippen LogP contribution in [0.4, 0.5) is 18.9 Å². The molecule has 0 aliphatic carbocycles. The third kappa shape index (κ3) is 5.50. The largest absolute Gasteiger partial charge is 0.444 e. The highest BCUT2D eigenvalue weighted by Gasteiger charge is 2.32. The Morgan fingerprint density at radius 3 is 2.43 bits per heavy atom. The molecule has 0 fully saturated rings. The molecule has 0 unspecified atom stereocenters. The van der Waals surface area contributed by atoms with E-state index in [-0.39, 0.29) is 29.9 Å². The second-order valence-electron chi connectivity index (χ2n) is 6.30. The average molecular weight is 481 g/mol. The maximum absolute atomic E-state index is 13.0. The lowest BCUT2D eigenvalue weighted by molar-refractivity contribution is -0.138. The Morgan fingerprint density at radius 2 is 1.73 bits per heavy atom. The van der Waals surface area contributed by atoms with Crippen LogP contribution in [0.3, 0.4) is 0 Å². The summed E-state index contributed by atoms with van der Waals surface area (Å²) in [4.78, 5) is 24.5. The molecule has 9 heteroatoms. The summed E-state index contributed by atoms with van der Waals surface area (Å²) >= 11 is 3.11. The van der Waals surface area contributed by atoms with E-state index in [2.05, 4.69) is 26.6 Å². The van der Waals surface area contributed by atoms with Crippen molar-refractivity contribution < 1.29 is 27.2 Å². The molecule has 5 nitrogen and oxygen atoms in total. The number of carbonyl (C=O) groups excluding carboxylic acids is 2. The quantitative estimate of drug-likeness (QED) is 0.503. The molecule has 2 aromatic carbocycles. The molecular weight excluding hydrogens is 465 g/mol. The molecule has 156 valence electrons. The maximum Gasteiger partial charge on any atom is 0.416 e. The van der Waals surface area contributed by atoms with Crippen molar-refractivity contribution in [3.05, 3.63) is 87.8 Å². The fourth-order valence-corrected chi connectivity index (χ4v) is 3.10. The first-order valence-electron chi connectivity index (χ1n) is 8.84. The third-order valence-corrected chi connectivity index (χ3v) is 4.61. The number of benzene rings is 2. The average Bonchev–Trinajstić information content (AvgIpc) is 3.14. The van der Waals surface area contributed by atoms with Gasteiger partial charge < -0.3 is 15.1 Å². The van der Waals surface area contributed by atoms with Crippen molar-refractivity contribution >= 4 is 33.4 Å². The molecule has 0 atom stereocenters. The molecule has 3 aromatic rings. The lowest BCUT2D eigenvalue weighted by Crippen LogP contribution is -2.26. The number of alkyl halides is 3. The smallest absolute Gasteiger partial charge is 0.416 e. The van der Waals surface area contributed by atoms with E-state index in [9.17, 15) is 22.8 Å². The molecule has 2 amide bonds. The van der Waals surface area contributed by atoms with Crippen molar-refractivity contribution in [3.8, 4) is 0 Å². The van der Waals surface area contributed by atoms with Crippen molar-refractivity contribution in [3.63, 3.8) is 0 Å². The summed E-state index contributed by atoms with van der Waals surface area (Å²) in [5, 5.41) is 5.21. The molecule has 0 bridgehead atoms. The van der Waals surface area contributed by atoms with Crippen molar-refractivity contribution in [2.45, 2.75) is 12.6 Å². The van der Waals surface area contributed by atoms with E-state index in [4.69, 9.17) is 4.42 Å². The molecule has 0 aliphatic rings. The minimum absolute atomic E-state index is 0.0307. The van der Waals surface area contributed by atoms with Gasteiger partial charge >= 0.3 is 6.18 Å². The summed E-state index contributed by atoms with van der Waals surface area (Å²) in [6.45, 7) is 0.0307. The Labute approximate surface area is 178 Å². The van der Waals surface area contributed by atoms with Gasteiger partial charge in [0.25, 0.3) is 11.8 Å². The van der Waals surface area contributed by atoms with Gasteiger partial charge in [0.15, 0.2) is 10.4 Å². The van der Waals surface area contributed by atoms with Crippen LogP contribution < -0.4 is 10.6 Å².